The Morgan fingerprint density at radius 1 is 0.672 bits per heavy atom. The van der Waals surface area contributed by atoms with Crippen LogP contribution in [0.4, 0.5) is 21.2 Å². The molecule has 12 nitrogen and oxygen atoms in total. The van der Waals surface area contributed by atoms with E-state index in [9.17, 15) is 9.59 Å². The molecule has 0 bridgehead atoms. The van der Waals surface area contributed by atoms with E-state index < -0.39 is 22.8 Å². The van der Waals surface area contributed by atoms with Gasteiger partial charge in [-0.05, 0) is 108 Å². The Morgan fingerprint density at radius 3 is 1.78 bits per heavy atom. The van der Waals surface area contributed by atoms with Crippen molar-refractivity contribution in [2.24, 2.45) is 0 Å². The van der Waals surface area contributed by atoms with Crippen LogP contribution >= 0.6 is 0 Å². The molecule has 1 fully saturated rings. The molecule has 346 valence electrons. The minimum atomic E-state index is -0.952. The van der Waals surface area contributed by atoms with E-state index in [1.54, 1.807) is 0 Å². The van der Waals surface area contributed by atoms with Gasteiger partial charge >= 0.3 is 12.2 Å². The number of benzene rings is 5. The molecule has 1 saturated carbocycles. The highest BCUT2D eigenvalue weighted by Crippen LogP contribution is 2.44. The molecule has 8 rings (SSSR count). The molecule has 0 radical (unpaired) electrons. The van der Waals surface area contributed by atoms with Gasteiger partial charge in [0.15, 0.2) is 5.65 Å². The number of hydrogen-bond donors (Lipinski definition) is 4. The molecular formula is C55H62N8O4. The van der Waals surface area contributed by atoms with Gasteiger partial charge in [-0.3, -0.25) is 0 Å². The van der Waals surface area contributed by atoms with Gasteiger partial charge in [-0.25, -0.2) is 19.3 Å². The summed E-state index contributed by atoms with van der Waals surface area (Å²) in [5, 5.41) is 19.8. The topological polar surface area (TPSA) is 144 Å². The summed E-state index contributed by atoms with van der Waals surface area (Å²) in [6.45, 7) is 11.6. The van der Waals surface area contributed by atoms with Gasteiger partial charge in [0.05, 0.1) is 11.4 Å². The monoisotopic (exact) mass is 898 g/mol. The van der Waals surface area contributed by atoms with E-state index in [1.807, 2.05) is 90.2 Å². The van der Waals surface area contributed by atoms with Crippen molar-refractivity contribution in [2.45, 2.75) is 109 Å². The van der Waals surface area contributed by atoms with Crippen molar-refractivity contribution < 1.29 is 19.1 Å². The van der Waals surface area contributed by atoms with Crippen LogP contribution < -0.4 is 21.3 Å². The number of ether oxygens (including phenoxy) is 2. The first kappa shape index (κ1) is 46.3. The number of anilines is 2. The fraction of sp³-hybridized carbons (Fsp3) is 0.327. The Balaban J connectivity index is 1.19. The Labute approximate surface area is 393 Å². The zero-order valence-corrected chi connectivity index (χ0v) is 39.3. The zero-order chi connectivity index (χ0) is 47.0. The van der Waals surface area contributed by atoms with Gasteiger partial charge in [-0.15, -0.1) is 0 Å². The van der Waals surface area contributed by atoms with Crippen molar-refractivity contribution in [2.75, 3.05) is 17.2 Å². The van der Waals surface area contributed by atoms with Gasteiger partial charge in [-0.1, -0.05) is 133 Å². The predicted molar refractivity (Wildman–Crippen MR) is 266 cm³/mol. The van der Waals surface area contributed by atoms with Crippen molar-refractivity contribution >= 4 is 34.9 Å². The summed E-state index contributed by atoms with van der Waals surface area (Å²) in [6, 6.07) is 50.0. The molecule has 5 aromatic carbocycles. The molecule has 7 aromatic rings. The first-order valence-electron chi connectivity index (χ1n) is 23.3. The van der Waals surface area contributed by atoms with Crippen LogP contribution in [0.2, 0.25) is 0 Å². The summed E-state index contributed by atoms with van der Waals surface area (Å²) in [7, 11) is 0. The summed E-state index contributed by atoms with van der Waals surface area (Å²) < 4.78 is 13.1. The Morgan fingerprint density at radius 2 is 1.21 bits per heavy atom. The van der Waals surface area contributed by atoms with E-state index in [-0.39, 0.29) is 24.2 Å². The SMILES string of the molecule is CC(C)(C)OC(=O)NCCC(Nc1cccc(-c2nn(C(c3ccccc3)(c3ccccc3)c3ccccc3)c3nc(N[C@H]4CC[C@H](NC(=O)OC(C)(C)C)CC4)ncc23)c1)c1ccccc1. The third-order valence-corrected chi connectivity index (χ3v) is 11.9. The Bertz CT molecular complexity index is 2630. The van der Waals surface area contributed by atoms with Crippen LogP contribution in [0.1, 0.15) is 102 Å². The second-order valence-corrected chi connectivity index (χ2v) is 19.2. The molecule has 0 saturated heterocycles. The average molecular weight is 899 g/mol. The Hall–Kier alpha value is -7.21. The molecular weight excluding hydrogens is 837 g/mol. The Kier molecular flexibility index (Phi) is 13.9. The van der Waals surface area contributed by atoms with Crippen molar-refractivity contribution in [1.82, 2.24) is 30.4 Å². The van der Waals surface area contributed by atoms with Gasteiger partial charge < -0.3 is 30.7 Å². The standard InChI is InChI=1S/C55H62N8O4/c1-53(2,3)66-51(64)56-35-34-47(38-20-11-7-12-21-38)58-45-29-19-22-39(36-45)48-46-37-57-50(59-43-30-32-44(33-31-43)60-52(65)67-54(4,5)6)61-49(46)63(62-48)55(40-23-13-8-14-24-40,41-25-15-9-16-26-41)42-27-17-10-18-28-42/h7-29,36-37,43-44,47,58H,30-35H2,1-6H3,(H,56,64)(H,60,65)(H,57,59,61)/t43-,44-,47?. The third kappa shape index (κ3) is 11.3. The van der Waals surface area contributed by atoms with Gasteiger partial charge in [0.2, 0.25) is 5.95 Å². The van der Waals surface area contributed by atoms with Gasteiger partial charge in [-0.2, -0.15) is 10.1 Å². The summed E-state index contributed by atoms with van der Waals surface area (Å²) in [4.78, 5) is 35.5. The molecule has 1 unspecified atom stereocenters. The maximum atomic E-state index is 12.6. The fourth-order valence-electron chi connectivity index (χ4n) is 8.96. The highest BCUT2D eigenvalue weighted by molar-refractivity contribution is 5.92. The molecule has 0 aliphatic heterocycles. The van der Waals surface area contributed by atoms with Gasteiger partial charge in [0.1, 0.15) is 22.4 Å². The van der Waals surface area contributed by atoms with E-state index in [4.69, 9.17) is 24.5 Å². The predicted octanol–water partition coefficient (Wildman–Crippen LogP) is 11.6. The van der Waals surface area contributed by atoms with Crippen molar-refractivity contribution in [3.63, 3.8) is 0 Å². The molecule has 12 heteroatoms. The fourth-order valence-corrected chi connectivity index (χ4v) is 8.96. The third-order valence-electron chi connectivity index (χ3n) is 11.9. The largest absolute Gasteiger partial charge is 0.444 e. The number of hydrogen-bond acceptors (Lipinski definition) is 9. The van der Waals surface area contributed by atoms with E-state index in [0.29, 0.717) is 24.6 Å². The number of nitrogens with zero attached hydrogens (tertiary/aromatic N) is 4. The number of fused-ring (bicyclic) bond motifs is 1. The summed E-state index contributed by atoms with van der Waals surface area (Å²) in [5.41, 5.74) is 5.23. The first-order valence-corrected chi connectivity index (χ1v) is 23.3. The van der Waals surface area contributed by atoms with E-state index in [1.165, 1.54) is 0 Å². The van der Waals surface area contributed by atoms with Crippen molar-refractivity contribution in [1.29, 1.82) is 0 Å². The molecule has 67 heavy (non-hydrogen) atoms. The number of aromatic nitrogens is 4. The normalized spacial score (nSPS) is 15.9. The summed E-state index contributed by atoms with van der Waals surface area (Å²) in [5.74, 6) is 0.507. The van der Waals surface area contributed by atoms with Crippen LogP contribution in [0.3, 0.4) is 0 Å². The second-order valence-electron chi connectivity index (χ2n) is 19.2. The minimum absolute atomic E-state index is 0.0330. The molecule has 1 aliphatic carbocycles. The number of alkyl carbamates (subject to hydrolysis) is 2. The van der Waals surface area contributed by atoms with Crippen molar-refractivity contribution in [3.05, 3.63) is 174 Å². The van der Waals surface area contributed by atoms with E-state index in [0.717, 1.165) is 70.3 Å². The second kappa shape index (κ2) is 20.1. The zero-order valence-electron chi connectivity index (χ0n) is 39.3. The van der Waals surface area contributed by atoms with Crippen LogP contribution in [-0.2, 0) is 15.0 Å². The lowest BCUT2D eigenvalue weighted by atomic mass is 9.77. The molecule has 2 aromatic heterocycles. The van der Waals surface area contributed by atoms with Gasteiger partial charge in [0, 0.05) is 36.1 Å². The molecule has 2 amide bonds. The average Bonchev–Trinajstić information content (AvgIpc) is 3.69. The van der Waals surface area contributed by atoms with Crippen LogP contribution in [0.15, 0.2) is 152 Å². The first-order chi connectivity index (χ1) is 32.2. The molecule has 1 atom stereocenters. The lowest BCUT2D eigenvalue weighted by Crippen LogP contribution is -2.42. The highest BCUT2D eigenvalue weighted by Gasteiger charge is 2.42. The maximum Gasteiger partial charge on any atom is 0.407 e. The van der Waals surface area contributed by atoms with Gasteiger partial charge in [0.25, 0.3) is 0 Å². The highest BCUT2D eigenvalue weighted by atomic mass is 16.6. The van der Waals surface area contributed by atoms with Crippen LogP contribution in [0.25, 0.3) is 22.3 Å². The molecule has 0 spiro atoms. The minimum Gasteiger partial charge on any atom is -0.444 e. The quantitative estimate of drug-likeness (QED) is 0.0784. The van der Waals surface area contributed by atoms with E-state index >= 15 is 0 Å². The van der Waals surface area contributed by atoms with Crippen molar-refractivity contribution in [3.8, 4) is 11.3 Å². The van der Waals surface area contributed by atoms with Crippen LogP contribution in [-0.4, -0.2) is 61.8 Å². The smallest absolute Gasteiger partial charge is 0.407 e. The molecule has 1 aliphatic rings. The lowest BCUT2D eigenvalue weighted by molar-refractivity contribution is 0.0488. The number of carbonyl (C=O) groups excluding carboxylic acids is 2. The summed E-state index contributed by atoms with van der Waals surface area (Å²) >= 11 is 0. The van der Waals surface area contributed by atoms with Crippen LogP contribution in [0.5, 0.6) is 0 Å². The summed E-state index contributed by atoms with van der Waals surface area (Å²) in [6.07, 6.45) is 4.94. The van der Waals surface area contributed by atoms with E-state index in [2.05, 4.69) is 129 Å². The molecule has 4 N–H and O–H groups in total. The number of rotatable bonds is 14. The number of carbonyl (C=O) groups is 2. The van der Waals surface area contributed by atoms with Crippen LogP contribution in [0, 0.1) is 0 Å². The molecule has 2 heterocycles. The number of nitrogens with one attached hydrogen (secondary N) is 4. The maximum absolute atomic E-state index is 12.6. The lowest BCUT2D eigenvalue weighted by Gasteiger charge is -2.36. The number of amides is 2.